The van der Waals surface area contributed by atoms with Crippen molar-refractivity contribution in [1.82, 2.24) is 5.32 Å². The minimum atomic E-state index is -3.98. The summed E-state index contributed by atoms with van der Waals surface area (Å²) in [5, 5.41) is 2.81. The van der Waals surface area contributed by atoms with Crippen LogP contribution in [0.4, 0.5) is 5.69 Å². The molecule has 3 rings (SSSR count). The molecule has 0 radical (unpaired) electrons. The number of rotatable bonds is 5. The van der Waals surface area contributed by atoms with Gasteiger partial charge in [-0.25, -0.2) is 8.42 Å². The number of benzene rings is 2. The summed E-state index contributed by atoms with van der Waals surface area (Å²) < 4.78 is 27.9. The van der Waals surface area contributed by atoms with E-state index in [1.165, 1.54) is 11.4 Å². The van der Waals surface area contributed by atoms with Crippen molar-refractivity contribution in [2.45, 2.75) is 25.5 Å². The number of thioether (sulfide) groups is 1. The first-order chi connectivity index (χ1) is 13.6. The Morgan fingerprint density at radius 3 is 2.31 bits per heavy atom. The number of amides is 1. The zero-order valence-corrected chi connectivity index (χ0v) is 18.7. The minimum Gasteiger partial charge on any atom is -0.351 e. The minimum absolute atomic E-state index is 0.0786. The highest BCUT2D eigenvalue weighted by atomic mass is 32.2. The van der Waals surface area contributed by atoms with Crippen LogP contribution in [0.3, 0.4) is 0 Å². The first-order valence-corrected chi connectivity index (χ1v) is 11.9. The average molecular weight is 431 g/mol. The Balaban J connectivity index is 2.08. The van der Waals surface area contributed by atoms with Crippen LogP contribution in [0.25, 0.3) is 5.57 Å². The summed E-state index contributed by atoms with van der Waals surface area (Å²) in [4.78, 5) is 12.9. The predicted octanol–water partition coefficient (Wildman–Crippen LogP) is 3.87. The zero-order valence-electron chi connectivity index (χ0n) is 17.1. The summed E-state index contributed by atoms with van der Waals surface area (Å²) in [5.74, 6) is 0.134. The number of sulfonamides is 1. The lowest BCUT2D eigenvalue weighted by atomic mass is 9.95. The van der Waals surface area contributed by atoms with Gasteiger partial charge in [0.25, 0.3) is 15.9 Å². The van der Waals surface area contributed by atoms with Crippen LogP contribution in [-0.4, -0.2) is 38.4 Å². The Kier molecular flexibility index (Phi) is 6.10. The summed E-state index contributed by atoms with van der Waals surface area (Å²) in [6, 6.07) is 16.5. The van der Waals surface area contributed by atoms with Crippen molar-refractivity contribution in [2.24, 2.45) is 0 Å². The van der Waals surface area contributed by atoms with E-state index in [0.29, 0.717) is 29.1 Å². The maximum Gasteiger partial charge on any atom is 0.270 e. The number of nitrogens with one attached hydrogen (secondary N) is 1. The van der Waals surface area contributed by atoms with Gasteiger partial charge in [-0.3, -0.25) is 9.10 Å². The molecule has 0 fully saturated rings. The third-order valence-electron chi connectivity index (χ3n) is 4.55. The van der Waals surface area contributed by atoms with Crippen molar-refractivity contribution < 1.29 is 13.2 Å². The van der Waals surface area contributed by atoms with Gasteiger partial charge in [0.2, 0.25) is 0 Å². The molecule has 0 spiro atoms. The van der Waals surface area contributed by atoms with Crippen LogP contribution >= 0.6 is 11.8 Å². The number of hydrogen-bond acceptors (Lipinski definition) is 4. The van der Waals surface area contributed by atoms with E-state index in [9.17, 15) is 13.2 Å². The maximum atomic E-state index is 13.3. The summed E-state index contributed by atoms with van der Waals surface area (Å²) in [6.45, 7) is 6.71. The van der Waals surface area contributed by atoms with E-state index < -0.39 is 15.9 Å². The SMILES string of the molecule is CN1c2ccccc2C(c2ccccc2)=C(C(=O)NCCSC(C)(C)C)S1(=O)=O. The van der Waals surface area contributed by atoms with E-state index in [4.69, 9.17) is 0 Å². The van der Waals surface area contributed by atoms with Crippen molar-refractivity contribution in [2.75, 3.05) is 23.7 Å². The van der Waals surface area contributed by atoms with E-state index in [2.05, 4.69) is 26.1 Å². The third kappa shape index (κ3) is 4.51. The monoisotopic (exact) mass is 430 g/mol. The quantitative estimate of drug-likeness (QED) is 0.731. The molecule has 0 unspecified atom stereocenters. The standard InChI is InChI=1S/C22H26N2O3S2/c1-22(2,3)28-15-14-23-21(25)20-19(16-10-6-5-7-11-16)17-12-8-9-13-18(17)24(4)29(20,26)27/h5-13H,14-15H2,1-4H3,(H,23,25). The highest BCUT2D eigenvalue weighted by molar-refractivity contribution is 8.00. The highest BCUT2D eigenvalue weighted by Gasteiger charge is 2.39. The van der Waals surface area contributed by atoms with Gasteiger partial charge in [-0.2, -0.15) is 11.8 Å². The predicted molar refractivity (Wildman–Crippen MR) is 121 cm³/mol. The molecule has 0 aromatic heterocycles. The Labute approximate surface area is 177 Å². The molecule has 1 aliphatic heterocycles. The Morgan fingerprint density at radius 2 is 1.66 bits per heavy atom. The Morgan fingerprint density at radius 1 is 1.03 bits per heavy atom. The molecule has 1 heterocycles. The molecule has 5 nitrogen and oxygen atoms in total. The summed E-state index contributed by atoms with van der Waals surface area (Å²) in [5.41, 5.74) is 2.43. The second kappa shape index (κ2) is 8.24. The molecular formula is C22H26N2O3S2. The van der Waals surface area contributed by atoms with Gasteiger partial charge in [0.1, 0.15) is 0 Å². The Hall–Kier alpha value is -2.25. The molecular weight excluding hydrogens is 404 g/mol. The van der Waals surface area contributed by atoms with Crippen LogP contribution in [0.2, 0.25) is 0 Å². The van der Waals surface area contributed by atoms with Gasteiger partial charge in [0.15, 0.2) is 4.91 Å². The number of carbonyl (C=O) groups excluding carboxylic acids is 1. The van der Waals surface area contributed by atoms with Crippen LogP contribution in [0.15, 0.2) is 59.5 Å². The topological polar surface area (TPSA) is 66.5 Å². The average Bonchev–Trinajstić information content (AvgIpc) is 2.67. The fourth-order valence-electron chi connectivity index (χ4n) is 3.20. The smallest absolute Gasteiger partial charge is 0.270 e. The molecule has 0 atom stereocenters. The summed E-state index contributed by atoms with van der Waals surface area (Å²) in [7, 11) is -2.50. The molecule has 2 aromatic rings. The van der Waals surface area contributed by atoms with Gasteiger partial charge in [0.05, 0.1) is 5.69 Å². The van der Waals surface area contributed by atoms with Crippen LogP contribution in [0, 0.1) is 0 Å². The first kappa shape index (κ1) is 21.5. The van der Waals surface area contributed by atoms with Gasteiger partial charge < -0.3 is 5.32 Å². The second-order valence-corrected chi connectivity index (χ2v) is 11.6. The number of para-hydroxylation sites is 1. The van der Waals surface area contributed by atoms with Crippen molar-refractivity contribution in [3.8, 4) is 0 Å². The van der Waals surface area contributed by atoms with E-state index in [1.54, 1.807) is 23.9 Å². The molecule has 7 heteroatoms. The number of hydrogen-bond donors (Lipinski definition) is 1. The molecule has 0 saturated heterocycles. The fourth-order valence-corrected chi connectivity index (χ4v) is 5.50. The molecule has 1 aliphatic rings. The van der Waals surface area contributed by atoms with Gasteiger partial charge in [-0.15, -0.1) is 0 Å². The first-order valence-electron chi connectivity index (χ1n) is 9.43. The number of nitrogens with zero attached hydrogens (tertiary/aromatic N) is 1. The summed E-state index contributed by atoms with van der Waals surface area (Å²) in [6.07, 6.45) is 0. The lowest BCUT2D eigenvalue weighted by molar-refractivity contribution is -0.116. The van der Waals surface area contributed by atoms with E-state index in [1.807, 2.05) is 42.5 Å². The van der Waals surface area contributed by atoms with Crippen molar-refractivity contribution >= 4 is 39.0 Å². The van der Waals surface area contributed by atoms with Crippen LogP contribution < -0.4 is 9.62 Å². The molecule has 0 bridgehead atoms. The molecule has 0 aliphatic carbocycles. The zero-order chi connectivity index (χ0) is 21.2. The third-order valence-corrected chi connectivity index (χ3v) is 7.65. The molecule has 29 heavy (non-hydrogen) atoms. The fraction of sp³-hybridized carbons (Fsp3) is 0.318. The number of fused-ring (bicyclic) bond motifs is 1. The normalized spacial score (nSPS) is 15.8. The van der Waals surface area contributed by atoms with Gasteiger partial charge in [0, 0.05) is 35.2 Å². The van der Waals surface area contributed by atoms with E-state index in [0.717, 1.165) is 5.56 Å². The van der Waals surface area contributed by atoms with Crippen LogP contribution in [-0.2, 0) is 14.8 Å². The van der Waals surface area contributed by atoms with Gasteiger partial charge >= 0.3 is 0 Å². The summed E-state index contributed by atoms with van der Waals surface area (Å²) >= 11 is 1.72. The lowest BCUT2D eigenvalue weighted by Gasteiger charge is -2.31. The molecule has 1 N–H and O–H groups in total. The largest absolute Gasteiger partial charge is 0.351 e. The van der Waals surface area contributed by atoms with E-state index in [-0.39, 0.29) is 9.65 Å². The van der Waals surface area contributed by atoms with Crippen LogP contribution in [0.1, 0.15) is 31.9 Å². The van der Waals surface area contributed by atoms with Crippen molar-refractivity contribution in [1.29, 1.82) is 0 Å². The highest BCUT2D eigenvalue weighted by Crippen LogP contribution is 2.41. The Bertz CT molecular complexity index is 1040. The molecule has 2 aromatic carbocycles. The lowest BCUT2D eigenvalue weighted by Crippen LogP contribution is -2.40. The number of carbonyl (C=O) groups is 1. The van der Waals surface area contributed by atoms with Crippen molar-refractivity contribution in [3.05, 3.63) is 70.6 Å². The van der Waals surface area contributed by atoms with E-state index >= 15 is 0 Å². The molecule has 1 amide bonds. The van der Waals surface area contributed by atoms with Crippen molar-refractivity contribution in [3.63, 3.8) is 0 Å². The number of anilines is 1. The van der Waals surface area contributed by atoms with Crippen LogP contribution in [0.5, 0.6) is 0 Å². The second-order valence-electron chi connectivity index (χ2n) is 7.78. The van der Waals surface area contributed by atoms with Gasteiger partial charge in [-0.1, -0.05) is 69.3 Å². The molecule has 154 valence electrons. The van der Waals surface area contributed by atoms with Gasteiger partial charge in [-0.05, 0) is 11.6 Å². The molecule has 0 saturated carbocycles. The maximum absolute atomic E-state index is 13.3.